The van der Waals surface area contributed by atoms with Crippen LogP contribution < -0.4 is 22.4 Å². The third-order valence-electron chi connectivity index (χ3n) is 15.5. The number of esters is 4. The summed E-state index contributed by atoms with van der Waals surface area (Å²) < 4.78 is 71.5. The van der Waals surface area contributed by atoms with Crippen molar-refractivity contribution in [3.8, 4) is 28.7 Å². The number of aliphatic hydroxyl groups is 1. The maximum absolute atomic E-state index is 13.2. The van der Waals surface area contributed by atoms with E-state index in [9.17, 15) is 24.3 Å². The first-order chi connectivity index (χ1) is 32.9. The highest BCUT2D eigenvalue weighted by atomic mass is 28.4. The van der Waals surface area contributed by atoms with E-state index >= 15 is 0 Å². The number of ether oxygens (including phenoxy) is 7. The fraction of sp³-hybridized carbons (Fsp3) is 0.698. The molecular weight excluding hydrogens is 1000 g/mol. The van der Waals surface area contributed by atoms with Gasteiger partial charge in [-0.05, 0) is 90.2 Å². The van der Waals surface area contributed by atoms with Gasteiger partial charge < -0.3 is 56.0 Å². The molecule has 16 nitrogen and oxygen atoms in total. The molecule has 2 aromatic carbocycles. The number of hydrogen-bond donors (Lipinski definition) is 1. The lowest BCUT2D eigenvalue weighted by molar-refractivity contribution is -0.329. The maximum atomic E-state index is 13.2. The smallest absolute Gasteiger partial charge is 0.303 e. The van der Waals surface area contributed by atoms with Gasteiger partial charge in [-0.15, -0.1) is 0 Å². The zero-order valence-electron chi connectivity index (χ0n) is 48.3. The van der Waals surface area contributed by atoms with E-state index in [1.165, 1.54) is 6.92 Å². The van der Waals surface area contributed by atoms with E-state index in [1.807, 2.05) is 18.2 Å². The number of benzene rings is 2. The lowest BCUT2D eigenvalue weighted by atomic mass is 9.90. The van der Waals surface area contributed by atoms with Crippen molar-refractivity contribution in [1.82, 2.24) is 0 Å². The lowest BCUT2D eigenvalue weighted by Gasteiger charge is -2.47. The number of rotatable bonds is 16. The molecule has 0 saturated carbocycles. The zero-order chi connectivity index (χ0) is 56.0. The minimum absolute atomic E-state index is 0.155. The van der Waals surface area contributed by atoms with Crippen molar-refractivity contribution in [3.63, 3.8) is 0 Å². The van der Waals surface area contributed by atoms with Crippen LogP contribution in [0.5, 0.6) is 28.7 Å². The van der Waals surface area contributed by atoms with E-state index < -0.39 is 113 Å². The Hall–Kier alpha value is -3.93. The maximum Gasteiger partial charge on any atom is 0.303 e. The van der Waals surface area contributed by atoms with Crippen molar-refractivity contribution in [2.75, 3.05) is 6.61 Å². The highest BCUT2D eigenvalue weighted by Gasteiger charge is 2.56. The minimum Gasteiger partial charge on any atom is -0.543 e. The van der Waals surface area contributed by atoms with Gasteiger partial charge in [0.15, 0.2) is 30.7 Å². The number of hydrogen-bond acceptors (Lipinski definition) is 16. The van der Waals surface area contributed by atoms with Crippen molar-refractivity contribution in [3.05, 3.63) is 41.5 Å². The summed E-state index contributed by atoms with van der Waals surface area (Å²) in [4.78, 5) is 50.8. The summed E-state index contributed by atoms with van der Waals surface area (Å²) in [6.45, 7) is 47.0. The van der Waals surface area contributed by atoms with Crippen molar-refractivity contribution >= 4 is 57.1 Å². The first-order valence-corrected chi connectivity index (χ1v) is 36.9. The van der Waals surface area contributed by atoms with E-state index in [-0.39, 0.29) is 31.5 Å². The van der Waals surface area contributed by atoms with E-state index in [4.69, 9.17) is 50.9 Å². The fourth-order valence-corrected chi connectivity index (χ4v) is 11.2. The molecule has 73 heavy (non-hydrogen) atoms. The van der Waals surface area contributed by atoms with Gasteiger partial charge in [0, 0.05) is 39.8 Å². The second-order valence-corrected chi connectivity index (χ2v) is 44.5. The molecule has 4 rings (SSSR count). The predicted molar refractivity (Wildman–Crippen MR) is 289 cm³/mol. The third kappa shape index (κ3) is 14.7. The van der Waals surface area contributed by atoms with Gasteiger partial charge in [0.05, 0.1) is 5.56 Å². The number of aliphatic hydroxyl groups excluding tert-OH is 1. The van der Waals surface area contributed by atoms with Crippen molar-refractivity contribution in [2.45, 2.75) is 232 Å². The molecule has 8 atom stereocenters. The molecule has 2 aliphatic heterocycles. The van der Waals surface area contributed by atoms with Gasteiger partial charge in [-0.2, -0.15) is 0 Å². The molecule has 0 radical (unpaired) electrons. The highest BCUT2D eigenvalue weighted by molar-refractivity contribution is 6.76. The summed E-state index contributed by atoms with van der Waals surface area (Å²) in [6, 6.07) is 9.14. The molecule has 0 aromatic heterocycles. The van der Waals surface area contributed by atoms with Crippen LogP contribution in [0.15, 0.2) is 30.3 Å². The molecule has 0 spiro atoms. The molecule has 2 aromatic rings. The third-order valence-corrected chi connectivity index (χ3v) is 32.9. The van der Waals surface area contributed by atoms with Crippen LogP contribution in [0.2, 0.25) is 72.5 Å². The highest BCUT2D eigenvalue weighted by Crippen LogP contribution is 2.53. The first kappa shape index (κ1) is 61.6. The Kier molecular flexibility index (Phi) is 18.5. The van der Waals surface area contributed by atoms with E-state index in [0.29, 0.717) is 28.6 Å². The second kappa shape index (κ2) is 22.0. The van der Waals surface area contributed by atoms with Crippen molar-refractivity contribution in [2.24, 2.45) is 0 Å². The van der Waals surface area contributed by atoms with Crippen LogP contribution in [0, 0.1) is 0 Å². The molecule has 20 heteroatoms. The topological polar surface area (TPSA) is 190 Å². The average Bonchev–Trinajstić information content (AvgIpc) is 3.18. The molecule has 1 N–H and O–H groups in total. The summed E-state index contributed by atoms with van der Waals surface area (Å²) in [6.07, 6.45) is -11.8. The molecule has 2 unspecified atom stereocenters. The Morgan fingerprint density at radius 1 is 0.534 bits per heavy atom. The number of fused-ring (bicyclic) bond motifs is 1. The average molecular weight is 1090 g/mol. The summed E-state index contributed by atoms with van der Waals surface area (Å²) >= 11 is 0. The van der Waals surface area contributed by atoms with E-state index in [1.54, 1.807) is 12.1 Å². The Morgan fingerprint density at radius 3 is 1.44 bits per heavy atom. The Balaban J connectivity index is 2.13. The Bertz CT molecular complexity index is 2320. The van der Waals surface area contributed by atoms with Gasteiger partial charge in [0.25, 0.3) is 16.6 Å². The van der Waals surface area contributed by atoms with Crippen LogP contribution in [0.4, 0.5) is 0 Å². The summed E-state index contributed by atoms with van der Waals surface area (Å²) in [5.74, 6) is -0.924. The predicted octanol–water partition coefficient (Wildman–Crippen LogP) is 11.9. The largest absolute Gasteiger partial charge is 0.543 e. The second-order valence-electron chi connectivity index (χ2n) is 25.6. The molecule has 0 amide bonds. The number of carbonyl (C=O) groups is 4. The molecule has 0 bridgehead atoms. The molecule has 1 saturated heterocycles. The monoisotopic (exact) mass is 1090 g/mol. The van der Waals surface area contributed by atoms with Crippen LogP contribution in [-0.4, -0.2) is 106 Å². The van der Waals surface area contributed by atoms with Crippen LogP contribution in [-0.2, 0) is 47.6 Å². The minimum atomic E-state index is -2.68. The Morgan fingerprint density at radius 2 is 0.973 bits per heavy atom. The SMILES string of the molecule is CC(=O)OC[C@H]1O[C@@H](O[C@@H]2[C@@H](c3ccc(O[Si](C)(C)C(C)(C)C)c(O[Si](C)(C)C(C)(C)C)c3)Oc3cc(O[Si](C)(C)C(C)(C)C)cc(O[Si](C)(C)C(C)(C)C)c3[C@@H]2O)C(OC(C)=O)C(OC(C)=O)[C@@H]1OC(C)=O. The van der Waals surface area contributed by atoms with E-state index in [0.717, 1.165) is 20.8 Å². The van der Waals surface area contributed by atoms with Gasteiger partial charge in [0.2, 0.25) is 16.6 Å². The van der Waals surface area contributed by atoms with Gasteiger partial charge in [-0.1, -0.05) is 89.2 Å². The van der Waals surface area contributed by atoms with Crippen molar-refractivity contribution < 1.29 is 75.1 Å². The molecule has 2 aliphatic rings. The van der Waals surface area contributed by atoms with Crippen LogP contribution in [0.25, 0.3) is 0 Å². The first-order valence-electron chi connectivity index (χ1n) is 25.3. The zero-order valence-corrected chi connectivity index (χ0v) is 52.3. The molecule has 1 fully saturated rings. The van der Waals surface area contributed by atoms with Crippen molar-refractivity contribution in [1.29, 1.82) is 0 Å². The standard InChI is InChI=1S/C53H88O16Si4/c1-31(54)59-30-41-45(60-32(2)55)47(61-33(3)56)48(62-34(4)57)49(64-41)65-46-43(58)42-39(28-36(66-70(17,18)50(5,6)7)29-40(42)69-73(23,24)53(14,15)16)63-44(46)35-25-26-37(67-71(19,20)51(8,9)10)38(27-35)68-72(21,22)52(11,12)13/h25-29,41,43-49,58H,30H2,1-24H3/t41-,43+,44-,45-,46+,47?,48?,49+/m1/s1. The van der Waals surface area contributed by atoms with Crippen LogP contribution in [0.1, 0.15) is 134 Å². The molecule has 2 heterocycles. The van der Waals surface area contributed by atoms with Gasteiger partial charge in [-0.25, -0.2) is 0 Å². The quantitative estimate of drug-likeness (QED) is 0.0948. The van der Waals surface area contributed by atoms with Crippen LogP contribution >= 0.6 is 0 Å². The summed E-state index contributed by atoms with van der Waals surface area (Å²) in [5, 5.41) is 12.4. The van der Waals surface area contributed by atoms with Gasteiger partial charge in [0.1, 0.15) is 53.7 Å². The molecule has 412 valence electrons. The van der Waals surface area contributed by atoms with E-state index in [2.05, 4.69) is 135 Å². The summed E-state index contributed by atoms with van der Waals surface area (Å²) in [7, 11) is -10.2. The lowest BCUT2D eigenvalue weighted by Crippen LogP contribution is -2.63. The fourth-order valence-electron chi connectivity index (χ4n) is 7.10. The molecule has 0 aliphatic carbocycles. The Labute approximate surface area is 439 Å². The van der Waals surface area contributed by atoms with Gasteiger partial charge >= 0.3 is 23.9 Å². The molecular formula is C53H88O16Si4. The summed E-state index contributed by atoms with van der Waals surface area (Å²) in [5.41, 5.74) is 0.786. The van der Waals surface area contributed by atoms with Crippen LogP contribution in [0.3, 0.4) is 0 Å². The number of carbonyl (C=O) groups excluding carboxylic acids is 4. The normalized spacial score (nSPS) is 23.2. The van der Waals surface area contributed by atoms with Gasteiger partial charge in [-0.3, -0.25) is 19.2 Å².